The van der Waals surface area contributed by atoms with Crippen LogP contribution in [0, 0.1) is 29.6 Å². The van der Waals surface area contributed by atoms with Gasteiger partial charge in [0.2, 0.25) is 0 Å². The van der Waals surface area contributed by atoms with Crippen molar-refractivity contribution in [3.05, 3.63) is 47.1 Å². The van der Waals surface area contributed by atoms with Gasteiger partial charge in [-0.15, -0.1) is 0 Å². The number of aliphatic hydroxyl groups excluding tert-OH is 1. The molecule has 0 radical (unpaired) electrons. The van der Waals surface area contributed by atoms with Crippen LogP contribution in [0.3, 0.4) is 0 Å². The lowest BCUT2D eigenvalue weighted by molar-refractivity contribution is 0.169. The summed E-state index contributed by atoms with van der Waals surface area (Å²) < 4.78 is 0. The fourth-order valence-corrected chi connectivity index (χ4v) is 5.07. The molecule has 0 aliphatic heterocycles. The molecule has 0 amide bonds. The van der Waals surface area contributed by atoms with Crippen LogP contribution in [0.4, 0.5) is 0 Å². The molecule has 0 spiro atoms. The fraction of sp³-hybridized carbons (Fsp3) is 0.619. The van der Waals surface area contributed by atoms with E-state index in [0.717, 1.165) is 48.0 Å². The molecule has 0 aromatic rings. The van der Waals surface area contributed by atoms with E-state index in [2.05, 4.69) is 43.4 Å². The Morgan fingerprint density at radius 2 is 1.96 bits per heavy atom. The van der Waals surface area contributed by atoms with Gasteiger partial charge in [-0.2, -0.15) is 0 Å². The molecule has 4 unspecified atom stereocenters. The molecule has 0 aromatic heterocycles. The van der Waals surface area contributed by atoms with E-state index in [1.807, 2.05) is 6.92 Å². The molecular weight excluding hydrogens is 304 g/mol. The smallest absolute Gasteiger partial charge is 0.0517 e. The van der Waals surface area contributed by atoms with E-state index < -0.39 is 0 Å². The van der Waals surface area contributed by atoms with Crippen molar-refractivity contribution in [3.8, 4) is 0 Å². The van der Waals surface area contributed by atoms with Gasteiger partial charge in [0, 0.05) is 5.03 Å². The zero-order valence-corrected chi connectivity index (χ0v) is 15.0. The summed E-state index contributed by atoms with van der Waals surface area (Å²) in [6.45, 7) is 4.25. The molecule has 0 bridgehead atoms. The lowest BCUT2D eigenvalue weighted by atomic mass is 9.82. The molecule has 1 N–H and O–H groups in total. The monoisotopic (exact) mass is 332 g/mol. The minimum atomic E-state index is -0.251. The van der Waals surface area contributed by atoms with Gasteiger partial charge in [-0.1, -0.05) is 55.0 Å². The minimum absolute atomic E-state index is 0.251. The van der Waals surface area contributed by atoms with Crippen molar-refractivity contribution in [1.82, 2.24) is 0 Å². The fourth-order valence-electron chi connectivity index (χ4n) is 4.72. The van der Waals surface area contributed by atoms with Crippen LogP contribution in [0.2, 0.25) is 0 Å². The van der Waals surface area contributed by atoms with Crippen LogP contribution in [-0.4, -0.2) is 11.2 Å². The predicted molar refractivity (Wildman–Crippen MR) is 98.2 cm³/mol. The van der Waals surface area contributed by atoms with Crippen LogP contribution in [0.5, 0.6) is 0 Å². The Bertz CT molecular complexity index is 540. The third-order valence-electron chi connectivity index (χ3n) is 5.89. The van der Waals surface area contributed by atoms with Crippen LogP contribution >= 0.6 is 11.6 Å². The molecule has 0 saturated heterocycles. The van der Waals surface area contributed by atoms with Gasteiger partial charge in [0.05, 0.1) is 6.10 Å². The maximum atomic E-state index is 9.53. The molecule has 126 valence electrons. The van der Waals surface area contributed by atoms with E-state index >= 15 is 0 Å². The molecule has 23 heavy (non-hydrogen) atoms. The van der Waals surface area contributed by atoms with Crippen molar-refractivity contribution < 1.29 is 5.11 Å². The normalized spacial score (nSPS) is 37.3. The molecule has 1 saturated carbocycles. The molecule has 1 fully saturated rings. The van der Waals surface area contributed by atoms with Crippen molar-refractivity contribution >= 4 is 11.6 Å². The Kier molecular flexibility index (Phi) is 5.49. The number of hydrogen-bond acceptors (Lipinski definition) is 1. The van der Waals surface area contributed by atoms with Gasteiger partial charge in [-0.05, 0) is 74.2 Å². The summed E-state index contributed by atoms with van der Waals surface area (Å²) in [5, 5.41) is 10.5. The highest BCUT2D eigenvalue weighted by Crippen LogP contribution is 2.47. The molecule has 3 aliphatic rings. The number of halogens is 1. The average molecular weight is 333 g/mol. The topological polar surface area (TPSA) is 20.2 Å². The van der Waals surface area contributed by atoms with Crippen molar-refractivity contribution in [2.75, 3.05) is 0 Å². The van der Waals surface area contributed by atoms with E-state index in [0.29, 0.717) is 5.92 Å². The summed E-state index contributed by atoms with van der Waals surface area (Å²) in [5.41, 5.74) is 1.32. The molecule has 0 aromatic carbocycles. The van der Waals surface area contributed by atoms with Gasteiger partial charge < -0.3 is 5.11 Å². The molecule has 0 heterocycles. The lowest BCUT2D eigenvalue weighted by Crippen LogP contribution is -2.15. The first-order valence-corrected chi connectivity index (χ1v) is 9.51. The number of fused-ring (bicyclic) bond motifs is 1. The van der Waals surface area contributed by atoms with Gasteiger partial charge in [0.25, 0.3) is 0 Å². The van der Waals surface area contributed by atoms with E-state index in [1.165, 1.54) is 18.4 Å². The zero-order chi connectivity index (χ0) is 16.4. The lowest BCUT2D eigenvalue weighted by Gasteiger charge is -2.24. The van der Waals surface area contributed by atoms with Crippen LogP contribution in [0.25, 0.3) is 0 Å². The Labute approximate surface area is 145 Å². The third-order valence-corrected chi connectivity index (χ3v) is 6.28. The Morgan fingerprint density at radius 3 is 2.65 bits per heavy atom. The maximum Gasteiger partial charge on any atom is 0.0517 e. The first-order valence-electron chi connectivity index (χ1n) is 9.13. The second-order valence-electron chi connectivity index (χ2n) is 7.77. The van der Waals surface area contributed by atoms with Gasteiger partial charge >= 0.3 is 0 Å². The van der Waals surface area contributed by atoms with Crippen LogP contribution in [-0.2, 0) is 0 Å². The first-order chi connectivity index (χ1) is 11.0. The molecule has 2 heteroatoms. The highest BCUT2D eigenvalue weighted by Gasteiger charge is 2.38. The average Bonchev–Trinajstić information content (AvgIpc) is 2.83. The summed E-state index contributed by atoms with van der Waals surface area (Å²) in [6, 6.07) is 0. The molecular formula is C21H29ClO. The van der Waals surface area contributed by atoms with E-state index in [4.69, 9.17) is 11.6 Å². The number of rotatable bonds is 5. The van der Waals surface area contributed by atoms with Gasteiger partial charge in [0.15, 0.2) is 0 Å². The second-order valence-corrected chi connectivity index (χ2v) is 8.23. The van der Waals surface area contributed by atoms with Crippen molar-refractivity contribution in [1.29, 1.82) is 0 Å². The molecule has 3 aliphatic carbocycles. The van der Waals surface area contributed by atoms with Gasteiger partial charge in [-0.25, -0.2) is 0 Å². The molecule has 3 rings (SSSR count). The summed E-state index contributed by atoms with van der Waals surface area (Å²) >= 11 is 6.53. The highest BCUT2D eigenvalue weighted by molar-refractivity contribution is 6.30. The third kappa shape index (κ3) is 4.00. The Morgan fingerprint density at radius 1 is 1.22 bits per heavy atom. The highest BCUT2D eigenvalue weighted by atomic mass is 35.5. The zero-order valence-electron chi connectivity index (χ0n) is 14.3. The summed E-state index contributed by atoms with van der Waals surface area (Å²) in [7, 11) is 0. The first kappa shape index (κ1) is 17.0. The van der Waals surface area contributed by atoms with Gasteiger partial charge in [-0.3, -0.25) is 0 Å². The maximum absolute atomic E-state index is 9.53. The van der Waals surface area contributed by atoms with Crippen LogP contribution in [0.1, 0.15) is 46.0 Å². The Balaban J connectivity index is 1.56. The standard InChI is InChI=1S/C21H29ClO/c1-14-11-18(20-6-4-3-5-19(14)20)10-9-17-8-7-16(12-15(2)23)13-21(17)22/h3-8,14-16,18-20,23H,9-13H2,1-2H3/t14?,15?,16?,18-,19?,20-/m0/s1. The van der Waals surface area contributed by atoms with Gasteiger partial charge in [0.1, 0.15) is 0 Å². The summed E-state index contributed by atoms with van der Waals surface area (Å²) in [6.07, 6.45) is 18.8. The van der Waals surface area contributed by atoms with E-state index in [9.17, 15) is 5.11 Å². The number of hydrogen-bond donors (Lipinski definition) is 1. The molecule has 6 atom stereocenters. The Hall–Kier alpha value is -0.790. The van der Waals surface area contributed by atoms with Crippen LogP contribution in [0.15, 0.2) is 47.1 Å². The number of allylic oxidation sites excluding steroid dienone is 8. The predicted octanol–water partition coefficient (Wildman–Crippen LogP) is 5.62. The minimum Gasteiger partial charge on any atom is -0.393 e. The SMILES string of the molecule is CC(O)CC1C=CC(CC[C@H]2CC(C)C3C=CC=C[C@H]32)=C(Cl)C1. The van der Waals surface area contributed by atoms with Crippen LogP contribution < -0.4 is 0 Å². The quantitative estimate of drug-likeness (QED) is 0.692. The summed E-state index contributed by atoms with van der Waals surface area (Å²) in [5.74, 6) is 3.45. The number of aliphatic hydroxyl groups is 1. The van der Waals surface area contributed by atoms with Crippen molar-refractivity contribution in [2.24, 2.45) is 29.6 Å². The van der Waals surface area contributed by atoms with Crippen molar-refractivity contribution in [3.63, 3.8) is 0 Å². The summed E-state index contributed by atoms with van der Waals surface area (Å²) in [4.78, 5) is 0. The molecule has 1 nitrogen and oxygen atoms in total. The second kappa shape index (κ2) is 7.40. The van der Waals surface area contributed by atoms with E-state index in [-0.39, 0.29) is 6.10 Å². The van der Waals surface area contributed by atoms with E-state index in [1.54, 1.807) is 0 Å². The van der Waals surface area contributed by atoms with Crippen molar-refractivity contribution in [2.45, 2.75) is 52.1 Å². The largest absolute Gasteiger partial charge is 0.393 e.